The first-order valence-corrected chi connectivity index (χ1v) is 3.77. The van der Waals surface area contributed by atoms with Gasteiger partial charge in [0.15, 0.2) is 0 Å². The summed E-state index contributed by atoms with van der Waals surface area (Å²) >= 11 is 0. The normalized spacial score (nSPS) is 9.77. The lowest BCUT2D eigenvalue weighted by atomic mass is 9.81. The van der Waals surface area contributed by atoms with Crippen LogP contribution in [0.25, 0.3) is 0 Å². The molecule has 2 N–H and O–H groups in total. The molecule has 1 rings (SSSR count). The summed E-state index contributed by atoms with van der Waals surface area (Å²) in [5.74, 6) is -0.852. The number of hydrogen-bond donors (Lipinski definition) is 2. The number of nitrogens with zero attached hydrogens (tertiary/aromatic N) is 1. The van der Waals surface area contributed by atoms with E-state index in [9.17, 15) is 4.39 Å². The smallest absolute Gasteiger partial charge is 0.423 e. The van der Waals surface area contributed by atoms with Crippen LogP contribution < -0.4 is 5.46 Å². The predicted molar refractivity (Wildman–Crippen MR) is 47.9 cm³/mol. The van der Waals surface area contributed by atoms with Crippen molar-refractivity contribution in [2.24, 2.45) is 0 Å². The standard InChI is InChI=1S/C8H9BFNO2/c1-2-3-6-4-5-7(9(12)13)8(10)11-6/h2,4-5,12-13H,1,3H2. The van der Waals surface area contributed by atoms with Crippen LogP contribution >= 0.6 is 0 Å². The van der Waals surface area contributed by atoms with Crippen molar-refractivity contribution < 1.29 is 14.4 Å². The third-order valence-corrected chi connectivity index (χ3v) is 1.57. The fraction of sp³-hybridized carbons (Fsp3) is 0.125. The maximum absolute atomic E-state index is 13.0. The van der Waals surface area contributed by atoms with E-state index >= 15 is 0 Å². The zero-order valence-corrected chi connectivity index (χ0v) is 6.94. The van der Waals surface area contributed by atoms with Crippen molar-refractivity contribution in [2.75, 3.05) is 0 Å². The molecule has 0 aliphatic heterocycles. The first-order valence-electron chi connectivity index (χ1n) is 3.77. The van der Waals surface area contributed by atoms with Gasteiger partial charge >= 0.3 is 7.12 Å². The molecule has 0 aromatic carbocycles. The van der Waals surface area contributed by atoms with E-state index in [1.807, 2.05) is 0 Å². The molecule has 1 heterocycles. The minimum absolute atomic E-state index is 0.215. The Balaban J connectivity index is 2.98. The van der Waals surface area contributed by atoms with Gasteiger partial charge in [0.1, 0.15) is 0 Å². The maximum atomic E-state index is 13.0. The molecule has 0 atom stereocenters. The number of pyridine rings is 1. The monoisotopic (exact) mass is 181 g/mol. The molecule has 0 amide bonds. The SMILES string of the molecule is C=CCc1ccc(B(O)O)c(F)n1. The summed E-state index contributed by atoms with van der Waals surface area (Å²) in [5.41, 5.74) is 0.296. The molecule has 0 unspecified atom stereocenters. The van der Waals surface area contributed by atoms with Crippen molar-refractivity contribution in [1.29, 1.82) is 0 Å². The van der Waals surface area contributed by atoms with Crippen LogP contribution in [0, 0.1) is 5.95 Å². The van der Waals surface area contributed by atoms with E-state index in [4.69, 9.17) is 10.0 Å². The van der Waals surface area contributed by atoms with Gasteiger partial charge in [0.2, 0.25) is 5.95 Å². The fourth-order valence-corrected chi connectivity index (χ4v) is 0.937. The molecule has 0 aliphatic rings. The second kappa shape index (κ2) is 4.16. The van der Waals surface area contributed by atoms with Crippen LogP contribution in [-0.4, -0.2) is 22.2 Å². The maximum Gasteiger partial charge on any atom is 0.493 e. The summed E-state index contributed by atoms with van der Waals surface area (Å²) in [7, 11) is -1.81. The second-order valence-electron chi connectivity index (χ2n) is 2.55. The summed E-state index contributed by atoms with van der Waals surface area (Å²) in [6.45, 7) is 3.48. The summed E-state index contributed by atoms with van der Waals surface area (Å²) in [4.78, 5) is 3.53. The number of aromatic nitrogens is 1. The Bertz CT molecular complexity index is 317. The number of halogens is 1. The molecule has 3 nitrogen and oxygen atoms in total. The quantitative estimate of drug-likeness (QED) is 0.380. The largest absolute Gasteiger partial charge is 0.493 e. The molecule has 1 aromatic rings. The van der Waals surface area contributed by atoms with Crippen LogP contribution in [0.1, 0.15) is 5.69 Å². The van der Waals surface area contributed by atoms with Crippen LogP contribution in [0.5, 0.6) is 0 Å². The molecule has 5 heteroatoms. The van der Waals surface area contributed by atoms with Crippen LogP contribution in [0.2, 0.25) is 0 Å². The van der Waals surface area contributed by atoms with Gasteiger partial charge in [-0.05, 0) is 6.07 Å². The average molecular weight is 181 g/mol. The van der Waals surface area contributed by atoms with Crippen LogP contribution in [0.15, 0.2) is 24.8 Å². The highest BCUT2D eigenvalue weighted by Gasteiger charge is 2.17. The molecule has 13 heavy (non-hydrogen) atoms. The number of rotatable bonds is 3. The zero-order valence-electron chi connectivity index (χ0n) is 6.94. The minimum Gasteiger partial charge on any atom is -0.423 e. The van der Waals surface area contributed by atoms with Crippen molar-refractivity contribution in [1.82, 2.24) is 4.98 Å². The summed E-state index contributed by atoms with van der Waals surface area (Å²) in [5, 5.41) is 17.4. The highest BCUT2D eigenvalue weighted by Crippen LogP contribution is 1.98. The molecule has 0 saturated heterocycles. The molecule has 0 aliphatic carbocycles. The van der Waals surface area contributed by atoms with Crippen LogP contribution in [-0.2, 0) is 6.42 Å². The van der Waals surface area contributed by atoms with Gasteiger partial charge in [0.25, 0.3) is 0 Å². The molecule has 0 saturated carbocycles. The predicted octanol–water partition coefficient (Wildman–Crippen LogP) is -0.371. The number of allylic oxidation sites excluding steroid dienone is 1. The van der Waals surface area contributed by atoms with Crippen molar-refractivity contribution in [3.05, 3.63) is 36.4 Å². The van der Waals surface area contributed by atoms with E-state index in [-0.39, 0.29) is 5.46 Å². The lowest BCUT2D eigenvalue weighted by Gasteiger charge is -2.02. The molecule has 0 fully saturated rings. The van der Waals surface area contributed by atoms with Gasteiger partial charge < -0.3 is 10.0 Å². The summed E-state index contributed by atoms with van der Waals surface area (Å²) in [6, 6.07) is 2.82. The van der Waals surface area contributed by atoms with E-state index in [1.165, 1.54) is 12.1 Å². The third kappa shape index (κ3) is 2.37. The Hall–Kier alpha value is -1.20. The first kappa shape index (κ1) is 9.89. The first-order chi connectivity index (χ1) is 6.15. The zero-order chi connectivity index (χ0) is 9.84. The van der Waals surface area contributed by atoms with E-state index in [0.29, 0.717) is 12.1 Å². The Labute approximate surface area is 75.7 Å². The van der Waals surface area contributed by atoms with Gasteiger partial charge in [-0.2, -0.15) is 4.39 Å². The lowest BCUT2D eigenvalue weighted by Crippen LogP contribution is -2.33. The average Bonchev–Trinajstić information content (AvgIpc) is 2.04. The minimum atomic E-state index is -1.81. The Morgan fingerprint density at radius 2 is 2.23 bits per heavy atom. The van der Waals surface area contributed by atoms with Gasteiger partial charge in [0.05, 0.1) is 0 Å². The van der Waals surface area contributed by atoms with Gasteiger partial charge in [-0.1, -0.05) is 12.1 Å². The number of hydrogen-bond acceptors (Lipinski definition) is 3. The van der Waals surface area contributed by atoms with Crippen molar-refractivity contribution in [3.8, 4) is 0 Å². The van der Waals surface area contributed by atoms with Crippen LogP contribution in [0.3, 0.4) is 0 Å². The van der Waals surface area contributed by atoms with E-state index in [2.05, 4.69) is 11.6 Å². The molecular formula is C8H9BFNO2. The van der Waals surface area contributed by atoms with E-state index in [0.717, 1.165) is 0 Å². The highest BCUT2D eigenvalue weighted by atomic mass is 19.1. The Kier molecular flexibility index (Phi) is 3.16. The molecule has 0 bridgehead atoms. The highest BCUT2D eigenvalue weighted by molar-refractivity contribution is 6.58. The molecule has 1 aromatic heterocycles. The van der Waals surface area contributed by atoms with Crippen LogP contribution in [0.4, 0.5) is 4.39 Å². The van der Waals surface area contributed by atoms with Gasteiger partial charge in [0, 0.05) is 17.6 Å². The molecule has 0 spiro atoms. The molecular weight excluding hydrogens is 172 g/mol. The van der Waals surface area contributed by atoms with Gasteiger partial charge in [-0.15, -0.1) is 6.58 Å². The van der Waals surface area contributed by atoms with Crippen molar-refractivity contribution in [2.45, 2.75) is 6.42 Å². The van der Waals surface area contributed by atoms with E-state index in [1.54, 1.807) is 6.08 Å². The second-order valence-corrected chi connectivity index (χ2v) is 2.55. The summed E-state index contributed by atoms with van der Waals surface area (Å²) < 4.78 is 13.0. The topological polar surface area (TPSA) is 53.4 Å². The van der Waals surface area contributed by atoms with Gasteiger partial charge in [-0.25, -0.2) is 4.98 Å². The van der Waals surface area contributed by atoms with Crippen molar-refractivity contribution in [3.63, 3.8) is 0 Å². The molecule has 0 radical (unpaired) electrons. The summed E-state index contributed by atoms with van der Waals surface area (Å²) in [6.07, 6.45) is 2.05. The van der Waals surface area contributed by atoms with E-state index < -0.39 is 13.1 Å². The molecule has 68 valence electrons. The Morgan fingerprint density at radius 3 is 2.69 bits per heavy atom. The Morgan fingerprint density at radius 1 is 1.54 bits per heavy atom. The fourth-order valence-electron chi connectivity index (χ4n) is 0.937. The lowest BCUT2D eigenvalue weighted by molar-refractivity contribution is 0.421. The van der Waals surface area contributed by atoms with Gasteiger partial charge in [-0.3, -0.25) is 0 Å². The van der Waals surface area contributed by atoms with Crippen molar-refractivity contribution >= 4 is 12.6 Å². The third-order valence-electron chi connectivity index (χ3n) is 1.57.